The van der Waals surface area contributed by atoms with Crippen LogP contribution >= 0.6 is 11.6 Å². The Morgan fingerprint density at radius 3 is 2.69 bits per heavy atom. The number of nitrogens with one attached hydrogen (secondary N) is 4. The van der Waals surface area contributed by atoms with E-state index >= 15 is 0 Å². The van der Waals surface area contributed by atoms with E-state index < -0.39 is 12.1 Å². The summed E-state index contributed by atoms with van der Waals surface area (Å²) in [5.41, 5.74) is 2.21. The molecule has 5 rings (SSSR count). The highest BCUT2D eigenvalue weighted by molar-refractivity contribution is 6.32. The normalized spacial score (nSPS) is 11.6. The molecule has 15 heteroatoms. The number of nitrogens with zero attached hydrogens (tertiary/aromatic N) is 5. The molecule has 0 saturated heterocycles. The van der Waals surface area contributed by atoms with E-state index in [0.29, 0.717) is 49.8 Å². The van der Waals surface area contributed by atoms with Crippen molar-refractivity contribution in [3.63, 3.8) is 0 Å². The van der Waals surface area contributed by atoms with Gasteiger partial charge in [-0.15, -0.1) is 23.4 Å². The summed E-state index contributed by atoms with van der Waals surface area (Å²) in [4.78, 5) is 21.3. The van der Waals surface area contributed by atoms with Gasteiger partial charge in [0.15, 0.2) is 0 Å². The molecule has 2 aromatic carbocycles. The monoisotopic (exact) mass is 599 g/mol. The average Bonchev–Trinajstić information content (AvgIpc) is 3.51. The minimum atomic E-state index is -4.81. The second-order valence-corrected chi connectivity index (χ2v) is 9.63. The molecule has 218 valence electrons. The van der Waals surface area contributed by atoms with Crippen molar-refractivity contribution in [2.45, 2.75) is 25.7 Å². The molecule has 0 atom stereocenters. The highest BCUT2D eigenvalue weighted by Crippen LogP contribution is 2.32. The summed E-state index contributed by atoms with van der Waals surface area (Å²) in [6.45, 7) is 1.77. The number of halogens is 4. The number of H-pyrrole nitrogens is 1. The summed E-state index contributed by atoms with van der Waals surface area (Å²) in [5, 5.41) is 26.1. The molecule has 0 aliphatic rings. The van der Waals surface area contributed by atoms with Crippen LogP contribution in [0.1, 0.15) is 18.4 Å². The Balaban J connectivity index is 1.07. The third-order valence-electron chi connectivity index (χ3n) is 6.25. The van der Waals surface area contributed by atoms with E-state index in [1.54, 1.807) is 12.4 Å². The Bertz CT molecular complexity index is 1680. The number of rotatable bonds is 12. The van der Waals surface area contributed by atoms with Crippen LogP contribution in [0.5, 0.6) is 5.75 Å². The molecule has 1 amide bonds. The van der Waals surface area contributed by atoms with Gasteiger partial charge in [0, 0.05) is 66.7 Å². The summed E-state index contributed by atoms with van der Waals surface area (Å²) in [5.74, 6) is 0.601. The fourth-order valence-electron chi connectivity index (χ4n) is 4.31. The molecule has 0 bridgehead atoms. The number of hydrogen-bond acceptors (Lipinski definition) is 9. The predicted octanol–water partition coefficient (Wildman–Crippen LogP) is 4.61. The smallest absolute Gasteiger partial charge is 0.404 e. The minimum absolute atomic E-state index is 0.121. The third-order valence-corrected chi connectivity index (χ3v) is 6.54. The number of fused-ring (bicyclic) bond motifs is 3. The van der Waals surface area contributed by atoms with Gasteiger partial charge in [0.2, 0.25) is 11.7 Å². The van der Waals surface area contributed by atoms with Crippen LogP contribution in [0.25, 0.3) is 33.1 Å². The number of ether oxygens (including phenoxy) is 1. The lowest BCUT2D eigenvalue weighted by atomic mass is 10.1. The largest absolute Gasteiger partial charge is 0.573 e. The van der Waals surface area contributed by atoms with Crippen molar-refractivity contribution in [1.82, 2.24) is 41.2 Å². The Hall–Kier alpha value is -4.56. The van der Waals surface area contributed by atoms with Gasteiger partial charge < -0.3 is 20.7 Å². The second-order valence-electron chi connectivity index (χ2n) is 9.22. The summed E-state index contributed by atoms with van der Waals surface area (Å²) < 4.78 is 41.0. The number of aromatic nitrogens is 6. The van der Waals surface area contributed by atoms with E-state index in [9.17, 15) is 18.0 Å². The maximum atomic E-state index is 12.4. The number of pyridine rings is 2. The molecule has 0 aliphatic heterocycles. The lowest BCUT2D eigenvalue weighted by Crippen LogP contribution is -2.29. The first-order valence-corrected chi connectivity index (χ1v) is 13.3. The van der Waals surface area contributed by atoms with E-state index in [1.165, 1.54) is 12.1 Å². The Labute approximate surface area is 242 Å². The topological polar surface area (TPSA) is 143 Å². The van der Waals surface area contributed by atoms with Crippen LogP contribution in [0.3, 0.4) is 0 Å². The molecule has 0 aliphatic carbocycles. The molecule has 0 radical (unpaired) electrons. The van der Waals surface area contributed by atoms with Gasteiger partial charge in [-0.3, -0.25) is 9.78 Å². The van der Waals surface area contributed by atoms with Gasteiger partial charge in [-0.05, 0) is 41.5 Å². The molecular formula is C27H25ClF3N9O2. The maximum Gasteiger partial charge on any atom is 0.573 e. The minimum Gasteiger partial charge on any atom is -0.404 e. The van der Waals surface area contributed by atoms with E-state index in [0.717, 1.165) is 33.3 Å². The molecule has 0 saturated carbocycles. The summed E-state index contributed by atoms with van der Waals surface area (Å²) in [7, 11) is 0. The van der Waals surface area contributed by atoms with Crippen LogP contribution in [0, 0.1) is 0 Å². The zero-order chi connectivity index (χ0) is 29.5. The molecule has 0 fully saturated rings. The van der Waals surface area contributed by atoms with Crippen LogP contribution < -0.4 is 20.7 Å². The number of hydrogen-bond donors (Lipinski definition) is 4. The first-order chi connectivity index (χ1) is 20.3. The Morgan fingerprint density at radius 2 is 1.90 bits per heavy atom. The molecule has 0 unspecified atom stereocenters. The molecule has 3 aromatic heterocycles. The molecule has 5 aromatic rings. The fourth-order valence-corrected chi connectivity index (χ4v) is 4.56. The number of anilines is 1. The van der Waals surface area contributed by atoms with Crippen LogP contribution in [-0.4, -0.2) is 62.5 Å². The number of carbonyl (C=O) groups excluding carboxylic acids is 1. The SMILES string of the molecule is O=C(CCNCc1ccc(OC(F)(F)F)c(Cl)c1)NCCCNc1nc2cc(-c3nn[nH]n3)ccc2c2cnccc12. The Morgan fingerprint density at radius 1 is 1.02 bits per heavy atom. The molecular weight excluding hydrogens is 575 g/mol. The number of alkyl halides is 3. The van der Waals surface area contributed by atoms with Crippen molar-refractivity contribution < 1.29 is 22.7 Å². The van der Waals surface area contributed by atoms with Crippen molar-refractivity contribution in [3.05, 3.63) is 65.4 Å². The van der Waals surface area contributed by atoms with Crippen molar-refractivity contribution in [2.75, 3.05) is 25.0 Å². The van der Waals surface area contributed by atoms with Gasteiger partial charge in [-0.1, -0.05) is 29.8 Å². The van der Waals surface area contributed by atoms with E-state index in [2.05, 4.69) is 46.3 Å². The molecule has 4 N–H and O–H groups in total. The Kier molecular flexibility index (Phi) is 8.93. The van der Waals surface area contributed by atoms with Gasteiger partial charge in [-0.2, -0.15) is 5.21 Å². The molecule has 3 heterocycles. The summed E-state index contributed by atoms with van der Waals surface area (Å²) >= 11 is 5.86. The van der Waals surface area contributed by atoms with Crippen LogP contribution in [0.2, 0.25) is 5.02 Å². The van der Waals surface area contributed by atoms with Gasteiger partial charge >= 0.3 is 6.36 Å². The van der Waals surface area contributed by atoms with Crippen molar-refractivity contribution in [1.29, 1.82) is 0 Å². The van der Waals surface area contributed by atoms with Crippen molar-refractivity contribution in [2.24, 2.45) is 0 Å². The fraction of sp³-hybridized carbons (Fsp3) is 0.259. The zero-order valence-electron chi connectivity index (χ0n) is 22.0. The maximum absolute atomic E-state index is 12.4. The lowest BCUT2D eigenvalue weighted by Gasteiger charge is -2.12. The van der Waals surface area contributed by atoms with Gasteiger partial charge in [-0.25, -0.2) is 4.98 Å². The summed E-state index contributed by atoms with van der Waals surface area (Å²) in [6.07, 6.45) is -0.385. The van der Waals surface area contributed by atoms with E-state index in [1.807, 2.05) is 24.3 Å². The first kappa shape index (κ1) is 29.0. The zero-order valence-corrected chi connectivity index (χ0v) is 22.8. The van der Waals surface area contributed by atoms with Crippen LogP contribution in [0.15, 0.2) is 54.9 Å². The van der Waals surface area contributed by atoms with Gasteiger partial charge in [0.1, 0.15) is 11.6 Å². The van der Waals surface area contributed by atoms with Gasteiger partial charge in [0.05, 0.1) is 10.5 Å². The number of benzene rings is 2. The van der Waals surface area contributed by atoms with E-state index in [4.69, 9.17) is 16.6 Å². The highest BCUT2D eigenvalue weighted by atomic mass is 35.5. The van der Waals surface area contributed by atoms with Crippen molar-refractivity contribution >= 4 is 45.0 Å². The standard InChI is InChI=1S/C27H25ClF3N9O2/c28-21-12-16(2-5-23(21)42-27(29,30)31)14-32-11-7-24(41)34-8-1-9-35-26-19-6-10-33-15-20(19)18-4-3-17(13-22(18)36-26)25-37-39-40-38-25/h2-6,10,12-13,15,32H,1,7-9,11,14H2,(H,34,41)(H,35,36)(H,37,38,39,40). The average molecular weight is 600 g/mol. The lowest BCUT2D eigenvalue weighted by molar-refractivity contribution is -0.274. The molecule has 0 spiro atoms. The number of amides is 1. The third kappa shape index (κ3) is 7.39. The number of aromatic amines is 1. The quantitative estimate of drug-likeness (QED) is 0.119. The van der Waals surface area contributed by atoms with Crippen molar-refractivity contribution in [3.8, 4) is 17.1 Å². The van der Waals surface area contributed by atoms with E-state index in [-0.39, 0.29) is 17.4 Å². The molecule has 11 nitrogen and oxygen atoms in total. The highest BCUT2D eigenvalue weighted by Gasteiger charge is 2.32. The second kappa shape index (κ2) is 13.0. The number of carbonyl (C=O) groups is 1. The van der Waals surface area contributed by atoms with Gasteiger partial charge in [0.25, 0.3) is 0 Å². The van der Waals surface area contributed by atoms with Crippen LogP contribution in [0.4, 0.5) is 19.0 Å². The summed E-state index contributed by atoms with van der Waals surface area (Å²) in [6, 6.07) is 11.7. The van der Waals surface area contributed by atoms with Crippen LogP contribution in [-0.2, 0) is 11.3 Å². The first-order valence-electron chi connectivity index (χ1n) is 12.9. The molecule has 42 heavy (non-hydrogen) atoms. The number of tetrazole rings is 1. The predicted molar refractivity (Wildman–Crippen MR) is 151 cm³/mol.